The molecule has 73 heavy (non-hydrogen) atoms. The SMILES string of the molecule is Cc1ccccc1N1c2ccc3ccccc3c2-c2c(ccc3ccccc23)N(c2ccccc2C)[Si]12N(c1ccccc1C)c1ccc3ccccc3c1-c1c(ccc3ccccc13)N2c1ccccc1C. The Morgan fingerprint density at radius 2 is 0.411 bits per heavy atom. The molecule has 0 aromatic heterocycles. The van der Waals surface area contributed by atoms with Crippen molar-refractivity contribution in [3.8, 4) is 22.3 Å². The van der Waals surface area contributed by atoms with E-state index in [0.717, 1.165) is 45.5 Å². The quantitative estimate of drug-likeness (QED) is 0.163. The second-order valence-corrected chi connectivity index (χ2v) is 22.8. The summed E-state index contributed by atoms with van der Waals surface area (Å²) in [6.07, 6.45) is 0. The fraction of sp³-hybridized carbons (Fsp3) is 0.0588. The molecule has 4 nitrogen and oxygen atoms in total. The summed E-state index contributed by atoms with van der Waals surface area (Å²) >= 11 is 0. The van der Waals surface area contributed by atoms with Gasteiger partial charge in [-0.2, -0.15) is 0 Å². The predicted molar refractivity (Wildman–Crippen MR) is 313 cm³/mol. The monoisotopic (exact) mass is 952 g/mol. The second-order valence-electron chi connectivity index (χ2n) is 19.8. The van der Waals surface area contributed by atoms with Crippen LogP contribution in [0.25, 0.3) is 65.3 Å². The molecule has 2 heterocycles. The molecule has 0 saturated carbocycles. The minimum Gasteiger partial charge on any atom is -0.315 e. The van der Waals surface area contributed by atoms with Crippen LogP contribution >= 0.6 is 0 Å². The third-order valence-electron chi connectivity index (χ3n) is 15.7. The van der Waals surface area contributed by atoms with Gasteiger partial charge in [-0.3, -0.25) is 0 Å². The van der Waals surface area contributed by atoms with Crippen molar-refractivity contribution in [2.75, 3.05) is 18.3 Å². The van der Waals surface area contributed by atoms with Crippen molar-refractivity contribution in [1.82, 2.24) is 0 Å². The summed E-state index contributed by atoms with van der Waals surface area (Å²) in [4.78, 5) is 0. The molecule has 2 aliphatic rings. The fourth-order valence-electron chi connectivity index (χ4n) is 12.5. The summed E-state index contributed by atoms with van der Waals surface area (Å²) in [5.41, 5.74) is 18.8. The Balaban J connectivity index is 1.36. The van der Waals surface area contributed by atoms with Crippen LogP contribution < -0.4 is 18.3 Å². The largest absolute Gasteiger partial charge is 0.521 e. The van der Waals surface area contributed by atoms with Gasteiger partial charge >= 0.3 is 8.72 Å². The van der Waals surface area contributed by atoms with Gasteiger partial charge in [0.15, 0.2) is 0 Å². The molecular weight excluding hydrogens is 901 g/mol. The first-order valence-corrected chi connectivity index (χ1v) is 27.2. The Morgan fingerprint density at radius 3 is 0.644 bits per heavy atom. The standard InChI is InChI=1S/C68H52N4Si/c1-45-21-5-17-33-57(45)69-61-41-37-49-25-9-13-29-53(49)65(61)66-54-30-14-10-26-50(54)38-42-62(66)70(58-34-18-6-22-46(58)2)73(69)71(59-35-19-7-23-47(59)3)63-43-39-51-27-11-15-31-55(51)67(63)68-56-32-16-12-28-52(56)40-44-64(68)72(73)60-36-20-8-24-48(60)4/h5-44H,1-4H3. The van der Waals surface area contributed by atoms with E-state index < -0.39 is 8.72 Å². The predicted octanol–water partition coefficient (Wildman–Crippen LogP) is 18.6. The number of rotatable bonds is 4. The average Bonchev–Trinajstić information content (AvgIpc) is 3.61. The number of aryl methyl sites for hydroxylation is 4. The molecule has 1 spiro atoms. The highest BCUT2D eigenvalue weighted by Gasteiger charge is 2.66. The molecule has 0 saturated heterocycles. The molecule has 5 heteroatoms. The highest BCUT2D eigenvalue weighted by atomic mass is 28.4. The second kappa shape index (κ2) is 16.6. The molecule has 0 fully saturated rings. The lowest BCUT2D eigenvalue weighted by molar-refractivity contribution is 1.08. The van der Waals surface area contributed by atoms with Crippen molar-refractivity contribution in [3.05, 3.63) is 265 Å². The van der Waals surface area contributed by atoms with E-state index in [9.17, 15) is 0 Å². The van der Waals surface area contributed by atoms with Gasteiger partial charge < -0.3 is 18.3 Å². The van der Waals surface area contributed by atoms with Crippen molar-refractivity contribution >= 4 is 97.3 Å². The van der Waals surface area contributed by atoms with Crippen LogP contribution in [0.3, 0.4) is 0 Å². The maximum Gasteiger partial charge on any atom is 0.521 e. The van der Waals surface area contributed by atoms with Gasteiger partial charge in [-0.15, -0.1) is 0 Å². The van der Waals surface area contributed by atoms with Crippen molar-refractivity contribution in [2.24, 2.45) is 0 Å². The van der Waals surface area contributed by atoms with E-state index in [1.165, 1.54) is 87.6 Å². The zero-order valence-electron chi connectivity index (χ0n) is 41.4. The minimum absolute atomic E-state index is 1.14. The van der Waals surface area contributed by atoms with Crippen molar-refractivity contribution < 1.29 is 0 Å². The molecule has 2 aliphatic heterocycles. The van der Waals surface area contributed by atoms with Gasteiger partial charge in [-0.05, 0) is 142 Å². The van der Waals surface area contributed by atoms with Crippen LogP contribution in [0.1, 0.15) is 22.3 Å². The summed E-state index contributed by atoms with van der Waals surface area (Å²) in [5, 5.41) is 9.65. The molecule has 0 radical (unpaired) electrons. The molecule has 0 aliphatic carbocycles. The van der Waals surface area contributed by atoms with Gasteiger partial charge in [0.25, 0.3) is 0 Å². The summed E-state index contributed by atoms with van der Waals surface area (Å²) in [6.45, 7) is 9.22. The summed E-state index contributed by atoms with van der Waals surface area (Å²) in [6, 6.07) is 91.9. The minimum atomic E-state index is -4.30. The number of anilines is 8. The summed E-state index contributed by atoms with van der Waals surface area (Å²) < 4.78 is 11.5. The number of fused-ring (bicyclic) bond motifs is 14. The highest BCUT2D eigenvalue weighted by Crippen LogP contribution is 2.63. The van der Waals surface area contributed by atoms with Gasteiger partial charge in [-0.25, -0.2) is 0 Å². The Hall–Kier alpha value is -8.90. The Morgan fingerprint density at radius 1 is 0.205 bits per heavy atom. The number of para-hydroxylation sites is 4. The van der Waals surface area contributed by atoms with E-state index in [-0.39, 0.29) is 0 Å². The van der Waals surface area contributed by atoms with Crippen LogP contribution in [0.5, 0.6) is 0 Å². The van der Waals surface area contributed by atoms with Crippen molar-refractivity contribution in [1.29, 1.82) is 0 Å². The third kappa shape index (κ3) is 6.19. The van der Waals surface area contributed by atoms with Gasteiger partial charge in [0.2, 0.25) is 0 Å². The number of hydrogen-bond donors (Lipinski definition) is 0. The van der Waals surface area contributed by atoms with E-state index in [4.69, 9.17) is 0 Å². The molecule has 348 valence electrons. The van der Waals surface area contributed by atoms with E-state index in [1.54, 1.807) is 0 Å². The zero-order valence-corrected chi connectivity index (χ0v) is 42.4. The topological polar surface area (TPSA) is 13.0 Å². The van der Waals surface area contributed by atoms with Crippen molar-refractivity contribution in [2.45, 2.75) is 27.7 Å². The molecule has 12 aromatic carbocycles. The molecule has 12 aromatic rings. The Bertz CT molecular complexity index is 3670. The first kappa shape index (κ1) is 42.9. The maximum absolute atomic E-state index is 4.30. The van der Waals surface area contributed by atoms with Crippen LogP contribution in [0.4, 0.5) is 45.5 Å². The molecular formula is C68H52N4Si. The van der Waals surface area contributed by atoms with Crippen LogP contribution in [0.15, 0.2) is 243 Å². The number of benzene rings is 12. The number of nitrogens with zero attached hydrogens (tertiary/aromatic N) is 4. The smallest absolute Gasteiger partial charge is 0.315 e. The van der Waals surface area contributed by atoms with E-state index >= 15 is 0 Å². The lowest BCUT2D eigenvalue weighted by Crippen LogP contribution is -2.81. The molecule has 0 atom stereocenters. The Kier molecular flexibility index (Phi) is 9.76. The number of hydrogen-bond acceptors (Lipinski definition) is 4. The lowest BCUT2D eigenvalue weighted by atomic mass is 9.90. The van der Waals surface area contributed by atoms with Crippen LogP contribution in [0.2, 0.25) is 0 Å². The first-order valence-electron chi connectivity index (χ1n) is 25.4. The highest BCUT2D eigenvalue weighted by molar-refractivity contribution is 6.97. The Labute approximate surface area is 428 Å². The normalized spacial score (nSPS) is 13.8. The van der Waals surface area contributed by atoms with Crippen LogP contribution in [-0.2, 0) is 0 Å². The van der Waals surface area contributed by atoms with E-state index in [0.29, 0.717) is 0 Å². The van der Waals surface area contributed by atoms with Crippen LogP contribution in [-0.4, -0.2) is 8.72 Å². The molecule has 0 amide bonds. The van der Waals surface area contributed by atoms with Gasteiger partial charge in [0.1, 0.15) is 0 Å². The van der Waals surface area contributed by atoms with Crippen LogP contribution in [0, 0.1) is 27.7 Å². The molecule has 14 rings (SSSR count). The summed E-state index contributed by atoms with van der Waals surface area (Å²) in [5.74, 6) is 0. The third-order valence-corrected chi connectivity index (χ3v) is 20.0. The first-order chi connectivity index (χ1) is 35.9. The zero-order chi connectivity index (χ0) is 49.0. The molecule has 0 N–H and O–H groups in total. The summed E-state index contributed by atoms with van der Waals surface area (Å²) in [7, 11) is -4.30. The fourth-order valence-corrected chi connectivity index (χ4v) is 18.0. The van der Waals surface area contributed by atoms with Gasteiger partial charge in [0.05, 0.1) is 0 Å². The van der Waals surface area contributed by atoms with Crippen molar-refractivity contribution in [3.63, 3.8) is 0 Å². The lowest BCUT2D eigenvalue weighted by Gasteiger charge is -2.58. The van der Waals surface area contributed by atoms with Gasteiger partial charge in [0, 0.05) is 67.8 Å². The molecule has 0 unspecified atom stereocenters. The average molecular weight is 953 g/mol. The molecule has 0 bridgehead atoms. The maximum atomic E-state index is 2.87. The van der Waals surface area contributed by atoms with E-state index in [2.05, 4.69) is 289 Å². The van der Waals surface area contributed by atoms with E-state index in [1.807, 2.05) is 0 Å². The van der Waals surface area contributed by atoms with Gasteiger partial charge in [-0.1, -0.05) is 194 Å².